The highest BCUT2D eigenvalue weighted by Crippen LogP contribution is 2.02. The predicted octanol–water partition coefficient (Wildman–Crippen LogP) is 2.83. The molecule has 3 nitrogen and oxygen atoms in total. The second kappa shape index (κ2) is 8.16. The number of hydrogen-bond acceptors (Lipinski definition) is 2. The minimum atomic E-state index is -0.747. The maximum Gasteiger partial charge on any atom is 0.404 e. The molecule has 17 heavy (non-hydrogen) atoms. The average Bonchev–Trinajstić information content (AvgIpc) is 2.33. The van der Waals surface area contributed by atoms with E-state index >= 15 is 0 Å². The second-order valence-electron chi connectivity index (χ2n) is 3.51. The van der Waals surface area contributed by atoms with Crippen molar-refractivity contribution in [2.45, 2.75) is 12.8 Å². The highest BCUT2D eigenvalue weighted by molar-refractivity contribution is 5.64. The largest absolute Gasteiger partial charge is 0.445 e. The van der Waals surface area contributed by atoms with Crippen molar-refractivity contribution < 1.29 is 9.53 Å². The van der Waals surface area contributed by atoms with Crippen molar-refractivity contribution in [3.05, 3.63) is 60.2 Å². The van der Waals surface area contributed by atoms with Crippen LogP contribution in [-0.4, -0.2) is 12.7 Å². The van der Waals surface area contributed by atoms with E-state index in [0.29, 0.717) is 0 Å². The Morgan fingerprint density at radius 3 is 2.59 bits per heavy atom. The zero-order valence-electron chi connectivity index (χ0n) is 9.71. The van der Waals surface area contributed by atoms with Gasteiger partial charge in [-0.3, -0.25) is 0 Å². The fourth-order valence-electron chi connectivity index (χ4n) is 1.33. The molecule has 0 saturated carbocycles. The van der Waals surface area contributed by atoms with Crippen molar-refractivity contribution in [1.82, 2.24) is 0 Å². The maximum absolute atomic E-state index is 10.2. The smallest absolute Gasteiger partial charge is 0.404 e. The molecule has 0 radical (unpaired) electrons. The van der Waals surface area contributed by atoms with E-state index in [1.54, 1.807) is 6.08 Å². The summed E-state index contributed by atoms with van der Waals surface area (Å²) in [6.45, 7) is 0.221. The number of aryl methyl sites for hydroxylation is 1. The molecular formula is C14H17NO2. The quantitative estimate of drug-likeness (QED) is 0.765. The highest BCUT2D eigenvalue weighted by atomic mass is 16.5. The molecule has 0 aliphatic carbocycles. The monoisotopic (exact) mass is 231 g/mol. The average molecular weight is 231 g/mol. The van der Waals surface area contributed by atoms with Crippen LogP contribution in [0.3, 0.4) is 0 Å². The Kier molecular flexibility index (Phi) is 6.26. The molecule has 1 rings (SSSR count). The van der Waals surface area contributed by atoms with E-state index in [0.717, 1.165) is 12.8 Å². The zero-order chi connectivity index (χ0) is 12.3. The molecule has 0 heterocycles. The van der Waals surface area contributed by atoms with Gasteiger partial charge in [-0.25, -0.2) is 4.79 Å². The minimum absolute atomic E-state index is 0.221. The lowest BCUT2D eigenvalue weighted by Crippen LogP contribution is -2.12. The summed E-state index contributed by atoms with van der Waals surface area (Å²) < 4.78 is 4.54. The van der Waals surface area contributed by atoms with E-state index in [4.69, 9.17) is 5.73 Å². The molecule has 0 aromatic heterocycles. The van der Waals surface area contributed by atoms with Gasteiger partial charge in [0.1, 0.15) is 6.61 Å². The molecule has 1 aromatic carbocycles. The molecule has 0 bridgehead atoms. The number of primary amides is 1. The van der Waals surface area contributed by atoms with Gasteiger partial charge in [-0.1, -0.05) is 48.6 Å². The summed E-state index contributed by atoms with van der Waals surface area (Å²) in [6.07, 6.45) is 8.87. The summed E-state index contributed by atoms with van der Waals surface area (Å²) in [5.41, 5.74) is 6.14. The summed E-state index contributed by atoms with van der Waals surface area (Å²) in [5, 5.41) is 0. The number of nitrogens with two attached hydrogens (primary N) is 1. The summed E-state index contributed by atoms with van der Waals surface area (Å²) in [4.78, 5) is 10.2. The van der Waals surface area contributed by atoms with E-state index in [1.165, 1.54) is 5.56 Å². The number of benzene rings is 1. The second-order valence-corrected chi connectivity index (χ2v) is 3.51. The van der Waals surface area contributed by atoms with Gasteiger partial charge in [0.2, 0.25) is 0 Å². The third kappa shape index (κ3) is 6.95. The normalized spacial score (nSPS) is 11.1. The van der Waals surface area contributed by atoms with Gasteiger partial charge in [0.25, 0.3) is 0 Å². The standard InChI is InChI=1S/C14H17NO2/c15-14(16)17-12-8-3-1-2-5-9-13-10-6-4-7-11-13/h1-4,6-8,10-11H,5,9,12H2,(H2,15,16). The van der Waals surface area contributed by atoms with Gasteiger partial charge in [-0.15, -0.1) is 0 Å². The van der Waals surface area contributed by atoms with Crippen LogP contribution in [0.5, 0.6) is 0 Å². The lowest BCUT2D eigenvalue weighted by atomic mass is 10.1. The number of hydrogen-bond donors (Lipinski definition) is 1. The summed E-state index contributed by atoms with van der Waals surface area (Å²) in [5.74, 6) is 0. The van der Waals surface area contributed by atoms with Gasteiger partial charge in [0.15, 0.2) is 0 Å². The van der Waals surface area contributed by atoms with E-state index in [9.17, 15) is 4.79 Å². The third-order valence-electron chi connectivity index (χ3n) is 2.15. The van der Waals surface area contributed by atoms with Gasteiger partial charge in [0.05, 0.1) is 0 Å². The van der Waals surface area contributed by atoms with Crippen LogP contribution in [0.1, 0.15) is 12.0 Å². The van der Waals surface area contributed by atoms with Crippen molar-refractivity contribution >= 4 is 6.09 Å². The van der Waals surface area contributed by atoms with Crippen LogP contribution in [0, 0.1) is 0 Å². The lowest BCUT2D eigenvalue weighted by molar-refractivity contribution is 0.169. The van der Waals surface area contributed by atoms with Crippen LogP contribution in [0.2, 0.25) is 0 Å². The van der Waals surface area contributed by atoms with Crippen LogP contribution >= 0.6 is 0 Å². The molecule has 0 atom stereocenters. The summed E-state index contributed by atoms with van der Waals surface area (Å²) in [7, 11) is 0. The molecular weight excluding hydrogens is 214 g/mol. The molecule has 3 heteroatoms. The van der Waals surface area contributed by atoms with Crippen molar-refractivity contribution in [2.24, 2.45) is 5.73 Å². The molecule has 1 amide bonds. The molecule has 1 aromatic rings. The Morgan fingerprint density at radius 2 is 1.88 bits per heavy atom. The Labute approximate surface area is 102 Å². The summed E-state index contributed by atoms with van der Waals surface area (Å²) >= 11 is 0. The fourth-order valence-corrected chi connectivity index (χ4v) is 1.33. The first-order chi connectivity index (χ1) is 8.29. The highest BCUT2D eigenvalue weighted by Gasteiger charge is 1.88. The van der Waals surface area contributed by atoms with Crippen LogP contribution in [-0.2, 0) is 11.2 Å². The lowest BCUT2D eigenvalue weighted by Gasteiger charge is -1.95. The molecule has 90 valence electrons. The third-order valence-corrected chi connectivity index (χ3v) is 2.15. The van der Waals surface area contributed by atoms with Crippen LogP contribution < -0.4 is 5.73 Å². The van der Waals surface area contributed by atoms with Gasteiger partial charge in [0, 0.05) is 0 Å². The SMILES string of the molecule is NC(=O)OCC=CC=CCCc1ccccc1. The number of carbonyl (C=O) groups is 1. The Balaban J connectivity index is 2.12. The molecule has 0 unspecified atom stereocenters. The molecule has 0 saturated heterocycles. The number of ether oxygens (including phenoxy) is 1. The molecule has 0 aliphatic rings. The first-order valence-electron chi connectivity index (χ1n) is 5.57. The molecule has 0 spiro atoms. The number of amides is 1. The number of rotatable bonds is 6. The van der Waals surface area contributed by atoms with Crippen molar-refractivity contribution in [3.8, 4) is 0 Å². The van der Waals surface area contributed by atoms with Gasteiger partial charge in [-0.05, 0) is 24.5 Å². The van der Waals surface area contributed by atoms with Crippen molar-refractivity contribution in [1.29, 1.82) is 0 Å². The first kappa shape index (κ1) is 13.0. The Bertz CT molecular complexity index is 382. The topological polar surface area (TPSA) is 52.3 Å². The Hall–Kier alpha value is -2.03. The van der Waals surface area contributed by atoms with Crippen molar-refractivity contribution in [3.63, 3.8) is 0 Å². The van der Waals surface area contributed by atoms with Crippen LogP contribution in [0.15, 0.2) is 54.6 Å². The predicted molar refractivity (Wildman–Crippen MR) is 68.6 cm³/mol. The Morgan fingerprint density at radius 1 is 1.18 bits per heavy atom. The van der Waals surface area contributed by atoms with E-state index < -0.39 is 6.09 Å². The fraction of sp³-hybridized carbons (Fsp3) is 0.214. The maximum atomic E-state index is 10.2. The zero-order valence-corrected chi connectivity index (χ0v) is 9.71. The van der Waals surface area contributed by atoms with Crippen molar-refractivity contribution in [2.75, 3.05) is 6.61 Å². The molecule has 0 fully saturated rings. The number of allylic oxidation sites excluding steroid dienone is 3. The first-order valence-corrected chi connectivity index (χ1v) is 5.57. The van der Waals surface area contributed by atoms with Crippen LogP contribution in [0.25, 0.3) is 0 Å². The van der Waals surface area contributed by atoms with E-state index in [1.807, 2.05) is 30.4 Å². The van der Waals surface area contributed by atoms with E-state index in [2.05, 4.69) is 22.9 Å². The van der Waals surface area contributed by atoms with Gasteiger partial charge < -0.3 is 10.5 Å². The summed E-state index contributed by atoms with van der Waals surface area (Å²) in [6, 6.07) is 10.3. The van der Waals surface area contributed by atoms with Gasteiger partial charge in [-0.2, -0.15) is 0 Å². The number of carbonyl (C=O) groups excluding carboxylic acids is 1. The van der Waals surface area contributed by atoms with Gasteiger partial charge >= 0.3 is 6.09 Å². The van der Waals surface area contributed by atoms with E-state index in [-0.39, 0.29) is 6.61 Å². The molecule has 0 aliphatic heterocycles. The van der Waals surface area contributed by atoms with Crippen LogP contribution in [0.4, 0.5) is 4.79 Å². The minimum Gasteiger partial charge on any atom is -0.445 e. The molecule has 2 N–H and O–H groups in total.